The number of hydrogen-bond donors (Lipinski definition) is 1. The third-order valence-electron chi connectivity index (χ3n) is 3.43. The molecule has 0 radical (unpaired) electrons. The number of aromatic nitrogens is 3. The van der Waals surface area contributed by atoms with E-state index in [1.165, 1.54) is 0 Å². The average Bonchev–Trinajstić information content (AvgIpc) is 3.18. The molecule has 0 unspecified atom stereocenters. The molecule has 0 aliphatic heterocycles. The third-order valence-corrected chi connectivity index (χ3v) is 5.05. The second-order valence-corrected chi connectivity index (χ2v) is 6.66. The molecule has 1 N–H and O–H groups in total. The van der Waals surface area contributed by atoms with Crippen LogP contribution in [0.1, 0.15) is 24.5 Å². The van der Waals surface area contributed by atoms with Crippen LogP contribution in [-0.2, 0) is 0 Å². The highest BCUT2D eigenvalue weighted by molar-refractivity contribution is 9.10. The van der Waals surface area contributed by atoms with Crippen LogP contribution in [0.2, 0.25) is 0 Å². The van der Waals surface area contributed by atoms with Crippen molar-refractivity contribution in [1.82, 2.24) is 15.0 Å². The number of hydrogen-bond acceptors (Lipinski definition) is 4. The lowest BCUT2D eigenvalue weighted by Crippen LogP contribution is -2.13. The van der Waals surface area contributed by atoms with Gasteiger partial charge in [0, 0.05) is 17.7 Å². The number of nitrogens with one attached hydrogen (secondary N) is 1. The predicted octanol–water partition coefficient (Wildman–Crippen LogP) is 3.69. The molecule has 3 aromatic rings. The van der Waals surface area contributed by atoms with Crippen molar-refractivity contribution in [3.8, 4) is 11.4 Å². The smallest absolute Gasteiger partial charge is 0.265 e. The molecule has 20 heavy (non-hydrogen) atoms. The fourth-order valence-electron chi connectivity index (χ4n) is 2.22. The highest BCUT2D eigenvalue weighted by Crippen LogP contribution is 2.41. The van der Waals surface area contributed by atoms with Crippen LogP contribution in [0.3, 0.4) is 0 Å². The van der Waals surface area contributed by atoms with Crippen LogP contribution in [0.15, 0.2) is 33.0 Å². The van der Waals surface area contributed by atoms with Crippen molar-refractivity contribution in [3.05, 3.63) is 44.2 Å². The number of aromatic amines is 1. The monoisotopic (exact) mass is 347 g/mol. The summed E-state index contributed by atoms with van der Waals surface area (Å²) in [7, 11) is 0. The predicted molar refractivity (Wildman–Crippen MR) is 83.1 cm³/mol. The molecule has 0 amide bonds. The first-order chi connectivity index (χ1) is 9.72. The Bertz CT molecular complexity index is 866. The number of pyridine rings is 1. The standard InChI is InChI=1S/C14H10BrN3OS/c15-11-12(7-1-2-7)17-13(18-14(11)19)8-5-10-9(16-6-8)3-4-20-10/h3-7H,1-2H2,(H,17,18,19). The Hall–Kier alpha value is -1.53. The van der Waals surface area contributed by atoms with Crippen LogP contribution in [0, 0.1) is 0 Å². The molecule has 6 heteroatoms. The van der Waals surface area contributed by atoms with Crippen LogP contribution in [0.25, 0.3) is 21.6 Å². The van der Waals surface area contributed by atoms with Gasteiger partial charge in [0.05, 0.1) is 15.9 Å². The minimum Gasteiger partial charge on any atom is -0.305 e. The van der Waals surface area contributed by atoms with E-state index < -0.39 is 0 Å². The number of halogens is 1. The zero-order chi connectivity index (χ0) is 13.7. The van der Waals surface area contributed by atoms with Crippen molar-refractivity contribution in [2.45, 2.75) is 18.8 Å². The highest BCUT2D eigenvalue weighted by Gasteiger charge is 2.29. The number of H-pyrrole nitrogens is 1. The Morgan fingerprint density at radius 1 is 1.40 bits per heavy atom. The molecule has 0 atom stereocenters. The van der Waals surface area contributed by atoms with E-state index in [4.69, 9.17) is 0 Å². The van der Waals surface area contributed by atoms with Crippen LogP contribution in [-0.4, -0.2) is 15.0 Å². The first kappa shape index (κ1) is 12.2. The summed E-state index contributed by atoms with van der Waals surface area (Å²) in [5.41, 5.74) is 2.57. The Kier molecular flexibility index (Phi) is 2.75. The summed E-state index contributed by atoms with van der Waals surface area (Å²) in [6.45, 7) is 0. The Morgan fingerprint density at radius 3 is 3.05 bits per heavy atom. The maximum Gasteiger partial charge on any atom is 0.265 e. The Labute approximate surface area is 127 Å². The molecule has 1 saturated carbocycles. The van der Waals surface area contributed by atoms with Crippen molar-refractivity contribution < 1.29 is 0 Å². The molecule has 1 aliphatic carbocycles. The maximum absolute atomic E-state index is 12.0. The Morgan fingerprint density at radius 2 is 2.25 bits per heavy atom. The van der Waals surface area contributed by atoms with Gasteiger partial charge in [0.2, 0.25) is 0 Å². The first-order valence-corrected chi connectivity index (χ1v) is 8.03. The van der Waals surface area contributed by atoms with E-state index >= 15 is 0 Å². The minimum absolute atomic E-state index is 0.122. The van der Waals surface area contributed by atoms with E-state index in [2.05, 4.69) is 30.9 Å². The van der Waals surface area contributed by atoms with Gasteiger partial charge in [-0.15, -0.1) is 11.3 Å². The second kappa shape index (κ2) is 4.49. The van der Waals surface area contributed by atoms with Crippen LogP contribution in [0.5, 0.6) is 0 Å². The van der Waals surface area contributed by atoms with E-state index in [1.54, 1.807) is 17.5 Å². The van der Waals surface area contributed by atoms with Crippen molar-refractivity contribution in [2.75, 3.05) is 0 Å². The van der Waals surface area contributed by atoms with E-state index in [0.717, 1.165) is 34.3 Å². The first-order valence-electron chi connectivity index (χ1n) is 6.36. The summed E-state index contributed by atoms with van der Waals surface area (Å²) in [5, 5.41) is 2.01. The zero-order valence-electron chi connectivity index (χ0n) is 10.4. The largest absolute Gasteiger partial charge is 0.305 e. The van der Waals surface area contributed by atoms with Gasteiger partial charge < -0.3 is 4.98 Å². The summed E-state index contributed by atoms with van der Waals surface area (Å²) < 4.78 is 1.66. The van der Waals surface area contributed by atoms with E-state index in [-0.39, 0.29) is 5.56 Å². The lowest BCUT2D eigenvalue weighted by atomic mass is 10.2. The fourth-order valence-corrected chi connectivity index (χ4v) is 3.51. The SMILES string of the molecule is O=c1[nH]c(-c2cnc3ccsc3c2)nc(C2CC2)c1Br. The molecule has 0 spiro atoms. The third kappa shape index (κ3) is 1.99. The topological polar surface area (TPSA) is 58.6 Å². The van der Waals surface area contributed by atoms with Crippen LogP contribution in [0.4, 0.5) is 0 Å². The lowest BCUT2D eigenvalue weighted by Gasteiger charge is -2.05. The summed E-state index contributed by atoms with van der Waals surface area (Å²) in [4.78, 5) is 23.9. The van der Waals surface area contributed by atoms with Gasteiger partial charge >= 0.3 is 0 Å². The fraction of sp³-hybridized carbons (Fsp3) is 0.214. The van der Waals surface area contributed by atoms with Gasteiger partial charge in [-0.1, -0.05) is 0 Å². The molecule has 3 aromatic heterocycles. The number of thiophene rings is 1. The van der Waals surface area contributed by atoms with Gasteiger partial charge in [0.1, 0.15) is 10.3 Å². The number of rotatable bonds is 2. The minimum atomic E-state index is -0.122. The van der Waals surface area contributed by atoms with Gasteiger partial charge in [-0.2, -0.15) is 0 Å². The lowest BCUT2D eigenvalue weighted by molar-refractivity contribution is 0.959. The summed E-state index contributed by atoms with van der Waals surface area (Å²) >= 11 is 4.98. The summed E-state index contributed by atoms with van der Waals surface area (Å²) in [6, 6.07) is 4.01. The molecule has 0 saturated heterocycles. The zero-order valence-corrected chi connectivity index (χ0v) is 12.8. The van der Waals surface area contributed by atoms with Gasteiger partial charge in [-0.3, -0.25) is 9.78 Å². The van der Waals surface area contributed by atoms with E-state index in [9.17, 15) is 4.79 Å². The molecular weight excluding hydrogens is 338 g/mol. The number of nitrogens with zero attached hydrogens (tertiary/aromatic N) is 2. The summed E-state index contributed by atoms with van der Waals surface area (Å²) in [6.07, 6.45) is 3.98. The van der Waals surface area contributed by atoms with Crippen LogP contribution >= 0.6 is 27.3 Å². The number of fused-ring (bicyclic) bond motifs is 1. The normalized spacial score (nSPS) is 14.8. The Balaban J connectivity index is 1.90. The van der Waals surface area contributed by atoms with Gasteiger partial charge in [0.25, 0.3) is 5.56 Å². The molecule has 3 heterocycles. The van der Waals surface area contributed by atoms with Gasteiger partial charge in [0.15, 0.2) is 0 Å². The molecule has 0 bridgehead atoms. The van der Waals surface area contributed by atoms with Crippen molar-refractivity contribution in [1.29, 1.82) is 0 Å². The van der Waals surface area contributed by atoms with Crippen LogP contribution < -0.4 is 5.56 Å². The van der Waals surface area contributed by atoms with Crippen molar-refractivity contribution in [2.24, 2.45) is 0 Å². The van der Waals surface area contributed by atoms with E-state index in [0.29, 0.717) is 16.2 Å². The molecule has 4 nitrogen and oxygen atoms in total. The highest BCUT2D eigenvalue weighted by atomic mass is 79.9. The molecule has 100 valence electrons. The summed E-state index contributed by atoms with van der Waals surface area (Å²) in [5.74, 6) is 1.02. The molecule has 0 aromatic carbocycles. The van der Waals surface area contributed by atoms with E-state index in [1.807, 2.05) is 17.5 Å². The molecule has 4 rings (SSSR count). The average molecular weight is 348 g/mol. The molecular formula is C14H10BrN3OS. The van der Waals surface area contributed by atoms with Gasteiger partial charge in [-0.25, -0.2) is 4.98 Å². The van der Waals surface area contributed by atoms with Gasteiger partial charge in [-0.05, 0) is 46.3 Å². The van der Waals surface area contributed by atoms with Crippen molar-refractivity contribution in [3.63, 3.8) is 0 Å². The quantitative estimate of drug-likeness (QED) is 0.768. The molecule has 1 fully saturated rings. The molecule has 1 aliphatic rings. The second-order valence-electron chi connectivity index (χ2n) is 4.92. The van der Waals surface area contributed by atoms with Crippen molar-refractivity contribution >= 4 is 37.5 Å². The maximum atomic E-state index is 12.0.